The molecule has 0 saturated carbocycles. The van der Waals surface area contributed by atoms with Crippen LogP contribution in [0.2, 0.25) is 0 Å². The average Bonchev–Trinajstić information content (AvgIpc) is 1.97. The van der Waals surface area contributed by atoms with E-state index in [0.717, 1.165) is 0 Å². The van der Waals surface area contributed by atoms with Gasteiger partial charge in [-0.15, -0.1) is 0 Å². The van der Waals surface area contributed by atoms with E-state index >= 15 is 0 Å². The van der Waals surface area contributed by atoms with E-state index < -0.39 is 0 Å². The molecule has 12 heavy (non-hydrogen) atoms. The van der Waals surface area contributed by atoms with E-state index in [1.165, 1.54) is 5.57 Å². The van der Waals surface area contributed by atoms with Gasteiger partial charge in [-0.25, -0.2) is 0 Å². The standard InChI is InChI=1S/C12H22/c1-7-8-9-10(2)11(3)12(4,5)6/h7-9,11H,1-6H3. The van der Waals surface area contributed by atoms with Crippen LogP contribution in [0.3, 0.4) is 0 Å². The van der Waals surface area contributed by atoms with Gasteiger partial charge < -0.3 is 0 Å². The fourth-order valence-corrected chi connectivity index (χ4v) is 1.08. The van der Waals surface area contributed by atoms with Crippen LogP contribution in [0.15, 0.2) is 23.8 Å². The van der Waals surface area contributed by atoms with Gasteiger partial charge in [0.2, 0.25) is 0 Å². The number of hydrogen-bond donors (Lipinski definition) is 0. The van der Waals surface area contributed by atoms with Gasteiger partial charge in [-0.3, -0.25) is 0 Å². The van der Waals surface area contributed by atoms with Crippen LogP contribution >= 0.6 is 0 Å². The highest BCUT2D eigenvalue weighted by atomic mass is 14.3. The fourth-order valence-electron chi connectivity index (χ4n) is 1.08. The van der Waals surface area contributed by atoms with Crippen molar-refractivity contribution in [2.24, 2.45) is 11.3 Å². The Kier molecular flexibility index (Phi) is 4.30. The van der Waals surface area contributed by atoms with Crippen molar-refractivity contribution in [2.75, 3.05) is 0 Å². The number of hydrogen-bond acceptors (Lipinski definition) is 0. The van der Waals surface area contributed by atoms with Crippen molar-refractivity contribution in [1.29, 1.82) is 0 Å². The number of allylic oxidation sites excluding steroid dienone is 4. The zero-order valence-electron chi connectivity index (χ0n) is 9.31. The minimum atomic E-state index is 0.377. The van der Waals surface area contributed by atoms with Gasteiger partial charge in [-0.05, 0) is 25.2 Å². The third kappa shape index (κ3) is 3.75. The molecule has 0 amide bonds. The highest BCUT2D eigenvalue weighted by molar-refractivity contribution is 5.13. The van der Waals surface area contributed by atoms with Crippen molar-refractivity contribution in [1.82, 2.24) is 0 Å². The second-order valence-corrected chi connectivity index (χ2v) is 4.52. The zero-order chi connectivity index (χ0) is 9.78. The van der Waals surface area contributed by atoms with E-state index in [1.807, 2.05) is 6.92 Å². The molecular weight excluding hydrogens is 144 g/mol. The Bertz CT molecular complexity index is 177. The van der Waals surface area contributed by atoms with Crippen LogP contribution in [0, 0.1) is 11.3 Å². The molecule has 0 aromatic rings. The van der Waals surface area contributed by atoms with E-state index in [9.17, 15) is 0 Å². The first-order chi connectivity index (χ1) is 5.39. The van der Waals surface area contributed by atoms with E-state index in [1.54, 1.807) is 0 Å². The molecule has 0 heteroatoms. The van der Waals surface area contributed by atoms with E-state index in [2.05, 4.69) is 52.8 Å². The Morgan fingerprint density at radius 3 is 2.08 bits per heavy atom. The summed E-state index contributed by atoms with van der Waals surface area (Å²) in [6, 6.07) is 0. The first-order valence-corrected chi connectivity index (χ1v) is 4.69. The summed E-state index contributed by atoms with van der Waals surface area (Å²) >= 11 is 0. The second-order valence-electron chi connectivity index (χ2n) is 4.52. The van der Waals surface area contributed by atoms with Crippen molar-refractivity contribution >= 4 is 0 Å². The van der Waals surface area contributed by atoms with Gasteiger partial charge >= 0.3 is 0 Å². The summed E-state index contributed by atoms with van der Waals surface area (Å²) in [5.74, 6) is 0.647. The van der Waals surface area contributed by atoms with E-state index in [-0.39, 0.29) is 0 Å². The van der Waals surface area contributed by atoms with Crippen LogP contribution in [0.4, 0.5) is 0 Å². The van der Waals surface area contributed by atoms with Crippen LogP contribution in [0.25, 0.3) is 0 Å². The number of rotatable bonds is 2. The van der Waals surface area contributed by atoms with Crippen LogP contribution in [0.1, 0.15) is 41.5 Å². The minimum Gasteiger partial charge on any atom is -0.0877 e. The molecule has 0 bridgehead atoms. The van der Waals surface area contributed by atoms with Gasteiger partial charge in [-0.1, -0.05) is 51.5 Å². The summed E-state index contributed by atoms with van der Waals surface area (Å²) in [5.41, 5.74) is 1.84. The third-order valence-corrected chi connectivity index (χ3v) is 2.53. The highest BCUT2D eigenvalue weighted by Crippen LogP contribution is 2.30. The molecule has 0 spiro atoms. The molecule has 0 nitrogen and oxygen atoms in total. The molecule has 0 aliphatic carbocycles. The van der Waals surface area contributed by atoms with Gasteiger partial charge in [0.05, 0.1) is 0 Å². The van der Waals surface area contributed by atoms with Crippen molar-refractivity contribution in [2.45, 2.75) is 41.5 Å². The molecule has 0 N–H and O–H groups in total. The lowest BCUT2D eigenvalue weighted by Gasteiger charge is -2.27. The van der Waals surface area contributed by atoms with Crippen molar-refractivity contribution in [3.8, 4) is 0 Å². The summed E-state index contributed by atoms with van der Waals surface area (Å²) in [6.45, 7) is 13.4. The Hall–Kier alpha value is -0.520. The fraction of sp³-hybridized carbons (Fsp3) is 0.667. The maximum absolute atomic E-state index is 2.29. The van der Waals surface area contributed by atoms with Crippen LogP contribution in [-0.4, -0.2) is 0 Å². The highest BCUT2D eigenvalue weighted by Gasteiger charge is 2.20. The first kappa shape index (κ1) is 11.5. The molecule has 1 unspecified atom stereocenters. The molecule has 0 aromatic heterocycles. The topological polar surface area (TPSA) is 0 Å². The lowest BCUT2D eigenvalue weighted by atomic mass is 9.78. The second kappa shape index (κ2) is 4.49. The normalized spacial score (nSPS) is 17.0. The molecule has 0 aliphatic rings. The predicted octanol–water partition coefficient (Wildman–Crippen LogP) is 4.19. The molecule has 0 radical (unpaired) electrons. The summed E-state index contributed by atoms with van der Waals surface area (Å²) in [6.07, 6.45) is 6.38. The Morgan fingerprint density at radius 1 is 1.25 bits per heavy atom. The lowest BCUT2D eigenvalue weighted by molar-refractivity contribution is 0.300. The first-order valence-electron chi connectivity index (χ1n) is 4.69. The molecule has 0 heterocycles. The monoisotopic (exact) mass is 166 g/mol. The van der Waals surface area contributed by atoms with Gasteiger partial charge in [0.25, 0.3) is 0 Å². The largest absolute Gasteiger partial charge is 0.0877 e. The minimum absolute atomic E-state index is 0.377. The van der Waals surface area contributed by atoms with Crippen molar-refractivity contribution in [3.63, 3.8) is 0 Å². The molecule has 0 rings (SSSR count). The maximum atomic E-state index is 2.29. The van der Waals surface area contributed by atoms with Gasteiger partial charge in [0, 0.05) is 0 Å². The van der Waals surface area contributed by atoms with Crippen molar-refractivity contribution in [3.05, 3.63) is 23.8 Å². The smallest absolute Gasteiger partial charge is 0.0183 e. The summed E-state index contributed by atoms with van der Waals surface area (Å²) < 4.78 is 0. The predicted molar refractivity (Wildman–Crippen MR) is 57.2 cm³/mol. The molecule has 0 aliphatic heterocycles. The van der Waals surface area contributed by atoms with Crippen LogP contribution < -0.4 is 0 Å². The molecule has 0 saturated heterocycles. The van der Waals surface area contributed by atoms with E-state index in [4.69, 9.17) is 0 Å². The molecule has 70 valence electrons. The molecule has 0 fully saturated rings. The third-order valence-electron chi connectivity index (χ3n) is 2.53. The molecule has 0 aromatic carbocycles. The summed E-state index contributed by atoms with van der Waals surface area (Å²) in [5, 5.41) is 0. The Balaban J connectivity index is 4.39. The molecular formula is C12H22. The van der Waals surface area contributed by atoms with Crippen LogP contribution in [0.5, 0.6) is 0 Å². The maximum Gasteiger partial charge on any atom is -0.0183 e. The molecule has 1 atom stereocenters. The van der Waals surface area contributed by atoms with Crippen molar-refractivity contribution < 1.29 is 0 Å². The summed E-state index contributed by atoms with van der Waals surface area (Å²) in [7, 11) is 0. The SMILES string of the molecule is CC=CC=C(C)C(C)C(C)(C)C. The zero-order valence-corrected chi connectivity index (χ0v) is 9.31. The van der Waals surface area contributed by atoms with Gasteiger partial charge in [-0.2, -0.15) is 0 Å². The lowest BCUT2D eigenvalue weighted by Crippen LogP contribution is -2.17. The summed E-state index contributed by atoms with van der Waals surface area (Å²) in [4.78, 5) is 0. The quantitative estimate of drug-likeness (QED) is 0.539. The van der Waals surface area contributed by atoms with Crippen LogP contribution in [-0.2, 0) is 0 Å². The van der Waals surface area contributed by atoms with Gasteiger partial charge in [0.1, 0.15) is 0 Å². The Morgan fingerprint density at radius 2 is 1.75 bits per heavy atom. The van der Waals surface area contributed by atoms with E-state index in [0.29, 0.717) is 11.3 Å². The Labute approximate surface area is 77.4 Å². The average molecular weight is 166 g/mol. The van der Waals surface area contributed by atoms with Gasteiger partial charge in [0.15, 0.2) is 0 Å².